The van der Waals surface area contributed by atoms with Gasteiger partial charge >= 0.3 is 0 Å². The molecule has 0 saturated heterocycles. The van der Waals surface area contributed by atoms with Crippen molar-refractivity contribution in [3.63, 3.8) is 0 Å². The third-order valence-electron chi connectivity index (χ3n) is 3.78. The molecule has 7 heteroatoms. The first kappa shape index (κ1) is 16.2. The van der Waals surface area contributed by atoms with Gasteiger partial charge in [0.25, 0.3) is 11.8 Å². The molecule has 2 aromatic carbocycles. The Morgan fingerprint density at radius 3 is 2.73 bits per heavy atom. The Kier molecular flexibility index (Phi) is 4.53. The van der Waals surface area contributed by atoms with E-state index in [2.05, 4.69) is 19.0 Å². The second-order valence-electron chi connectivity index (χ2n) is 5.50. The van der Waals surface area contributed by atoms with E-state index >= 15 is 0 Å². The van der Waals surface area contributed by atoms with Crippen LogP contribution >= 0.6 is 11.7 Å². The van der Waals surface area contributed by atoms with Gasteiger partial charge in [0, 0.05) is 11.8 Å². The van der Waals surface area contributed by atoms with Crippen molar-refractivity contribution in [3.05, 3.63) is 66.9 Å². The molecule has 0 atom stereocenters. The summed E-state index contributed by atoms with van der Waals surface area (Å²) in [5.41, 5.74) is 1.56. The number of carbonyl (C=O) groups excluding carboxylic acids is 1. The first-order chi connectivity index (χ1) is 12.8. The summed E-state index contributed by atoms with van der Waals surface area (Å²) in [6.45, 7) is -0.167. The first-order valence-corrected chi connectivity index (χ1v) is 8.68. The van der Waals surface area contributed by atoms with Crippen molar-refractivity contribution in [2.24, 2.45) is 0 Å². The lowest BCUT2D eigenvalue weighted by Gasteiger charge is -2.08. The van der Waals surface area contributed by atoms with E-state index < -0.39 is 0 Å². The number of nitrogens with one attached hydrogen (secondary N) is 1. The van der Waals surface area contributed by atoms with Crippen molar-refractivity contribution >= 4 is 34.2 Å². The number of amides is 1. The third kappa shape index (κ3) is 3.38. The van der Waals surface area contributed by atoms with Gasteiger partial charge in [-0.05, 0) is 22.9 Å². The second-order valence-corrected chi connectivity index (χ2v) is 6.02. The van der Waals surface area contributed by atoms with Gasteiger partial charge < -0.3 is 10.1 Å². The van der Waals surface area contributed by atoms with Crippen LogP contribution in [0.3, 0.4) is 0 Å². The molecule has 0 saturated carbocycles. The number of ether oxygens (including phenoxy) is 1. The Labute approximate surface area is 153 Å². The van der Waals surface area contributed by atoms with E-state index in [1.165, 1.54) is 0 Å². The lowest BCUT2D eigenvalue weighted by molar-refractivity contribution is -0.118. The quantitative estimate of drug-likeness (QED) is 0.585. The molecule has 4 aromatic rings. The minimum atomic E-state index is -0.305. The van der Waals surface area contributed by atoms with Crippen LogP contribution < -0.4 is 10.1 Å². The molecule has 0 aliphatic rings. The molecule has 0 fully saturated rings. The van der Waals surface area contributed by atoms with E-state index in [9.17, 15) is 4.79 Å². The molecule has 1 amide bonds. The average molecular weight is 362 g/mol. The van der Waals surface area contributed by atoms with E-state index in [0.29, 0.717) is 17.4 Å². The Hall–Kier alpha value is -3.32. The van der Waals surface area contributed by atoms with Gasteiger partial charge in [-0.25, -0.2) is 4.98 Å². The van der Waals surface area contributed by atoms with Gasteiger partial charge in [0.2, 0.25) is 0 Å². The SMILES string of the molecule is O=C(COc1nsnc1-c1cccc2ccccc12)Nc1ccccn1. The average Bonchev–Trinajstić information content (AvgIpc) is 3.15. The number of aromatic nitrogens is 3. The van der Waals surface area contributed by atoms with E-state index in [1.807, 2.05) is 42.5 Å². The number of pyridine rings is 1. The molecule has 2 heterocycles. The van der Waals surface area contributed by atoms with Crippen molar-refractivity contribution in [2.45, 2.75) is 0 Å². The van der Waals surface area contributed by atoms with Gasteiger partial charge in [-0.1, -0.05) is 48.5 Å². The number of fused-ring (bicyclic) bond motifs is 1. The van der Waals surface area contributed by atoms with Crippen LogP contribution in [0.2, 0.25) is 0 Å². The molecular weight excluding hydrogens is 348 g/mol. The predicted molar refractivity (Wildman–Crippen MR) is 101 cm³/mol. The van der Waals surface area contributed by atoms with Gasteiger partial charge in [0.1, 0.15) is 11.5 Å². The van der Waals surface area contributed by atoms with E-state index in [0.717, 1.165) is 28.1 Å². The standard InChI is InChI=1S/C19H14N4O2S/c24-17(21-16-10-3-4-11-20-16)12-25-19-18(22-26-23-19)15-9-5-7-13-6-1-2-8-14(13)15/h1-11H,12H2,(H,20,21,24). The first-order valence-electron chi connectivity index (χ1n) is 7.95. The highest BCUT2D eigenvalue weighted by molar-refractivity contribution is 6.99. The number of benzene rings is 2. The molecular formula is C19H14N4O2S. The number of nitrogens with zero attached hydrogens (tertiary/aromatic N) is 3. The van der Waals surface area contributed by atoms with Gasteiger partial charge in [0.05, 0.1) is 11.7 Å². The van der Waals surface area contributed by atoms with Crippen molar-refractivity contribution < 1.29 is 9.53 Å². The van der Waals surface area contributed by atoms with Crippen LogP contribution in [-0.2, 0) is 4.79 Å². The molecule has 0 aliphatic heterocycles. The summed E-state index contributed by atoms with van der Waals surface area (Å²) >= 11 is 1.06. The lowest BCUT2D eigenvalue weighted by atomic mass is 10.0. The molecule has 0 bridgehead atoms. The highest BCUT2D eigenvalue weighted by atomic mass is 32.1. The van der Waals surface area contributed by atoms with E-state index in [1.54, 1.807) is 24.4 Å². The van der Waals surface area contributed by atoms with Crippen LogP contribution in [0.25, 0.3) is 22.0 Å². The van der Waals surface area contributed by atoms with Crippen molar-refractivity contribution in [2.75, 3.05) is 11.9 Å². The minimum absolute atomic E-state index is 0.167. The fourth-order valence-corrected chi connectivity index (χ4v) is 3.13. The number of hydrogen-bond acceptors (Lipinski definition) is 6. The Balaban J connectivity index is 1.53. The van der Waals surface area contributed by atoms with Gasteiger partial charge in [-0.3, -0.25) is 4.79 Å². The Morgan fingerprint density at radius 1 is 1.00 bits per heavy atom. The Bertz CT molecular complexity index is 1040. The highest BCUT2D eigenvalue weighted by Gasteiger charge is 2.16. The third-order valence-corrected chi connectivity index (χ3v) is 4.29. The molecule has 0 aliphatic carbocycles. The molecule has 0 unspecified atom stereocenters. The molecule has 128 valence electrons. The number of anilines is 1. The largest absolute Gasteiger partial charge is 0.465 e. The summed E-state index contributed by atoms with van der Waals surface area (Å²) in [7, 11) is 0. The van der Waals surface area contributed by atoms with Crippen molar-refractivity contribution in [3.8, 4) is 17.1 Å². The zero-order valence-corrected chi connectivity index (χ0v) is 14.4. The lowest BCUT2D eigenvalue weighted by Crippen LogP contribution is -2.20. The van der Waals surface area contributed by atoms with Crippen LogP contribution in [0.4, 0.5) is 5.82 Å². The summed E-state index contributed by atoms with van der Waals surface area (Å²) in [5, 5.41) is 4.84. The number of hydrogen-bond donors (Lipinski definition) is 1. The zero-order chi connectivity index (χ0) is 17.8. The maximum atomic E-state index is 12.0. The number of carbonyl (C=O) groups is 1. The van der Waals surface area contributed by atoms with Crippen LogP contribution in [0.1, 0.15) is 0 Å². The van der Waals surface area contributed by atoms with Crippen molar-refractivity contribution in [1.29, 1.82) is 0 Å². The van der Waals surface area contributed by atoms with Crippen LogP contribution in [0.5, 0.6) is 5.88 Å². The molecule has 1 N–H and O–H groups in total. The van der Waals surface area contributed by atoms with Crippen LogP contribution in [0, 0.1) is 0 Å². The fraction of sp³-hybridized carbons (Fsp3) is 0.0526. The smallest absolute Gasteiger partial charge is 0.263 e. The van der Waals surface area contributed by atoms with Gasteiger partial charge in [-0.15, -0.1) is 4.37 Å². The normalized spacial score (nSPS) is 10.6. The fourth-order valence-electron chi connectivity index (χ4n) is 2.62. The number of rotatable bonds is 5. The maximum Gasteiger partial charge on any atom is 0.263 e. The monoisotopic (exact) mass is 362 g/mol. The molecule has 2 aromatic heterocycles. The van der Waals surface area contributed by atoms with E-state index in [-0.39, 0.29) is 12.5 Å². The Morgan fingerprint density at radius 2 is 1.85 bits per heavy atom. The summed E-state index contributed by atoms with van der Waals surface area (Å²) in [6.07, 6.45) is 1.61. The summed E-state index contributed by atoms with van der Waals surface area (Å²) < 4.78 is 14.2. The zero-order valence-electron chi connectivity index (χ0n) is 13.6. The summed E-state index contributed by atoms with van der Waals surface area (Å²) in [6, 6.07) is 19.3. The van der Waals surface area contributed by atoms with Gasteiger partial charge in [-0.2, -0.15) is 4.37 Å². The van der Waals surface area contributed by atoms with Gasteiger partial charge in [0.15, 0.2) is 6.61 Å². The summed E-state index contributed by atoms with van der Waals surface area (Å²) in [4.78, 5) is 16.1. The topological polar surface area (TPSA) is 77.0 Å². The highest BCUT2D eigenvalue weighted by Crippen LogP contribution is 2.33. The molecule has 26 heavy (non-hydrogen) atoms. The maximum absolute atomic E-state index is 12.0. The van der Waals surface area contributed by atoms with Crippen molar-refractivity contribution in [1.82, 2.24) is 13.7 Å². The van der Waals surface area contributed by atoms with Crippen LogP contribution in [0.15, 0.2) is 66.9 Å². The predicted octanol–water partition coefficient (Wildman–Crippen LogP) is 3.77. The molecule has 6 nitrogen and oxygen atoms in total. The molecule has 0 radical (unpaired) electrons. The summed E-state index contributed by atoms with van der Waals surface area (Å²) in [5.74, 6) is 0.523. The molecule has 0 spiro atoms. The second kappa shape index (κ2) is 7.28. The van der Waals surface area contributed by atoms with E-state index in [4.69, 9.17) is 4.74 Å². The molecule has 4 rings (SSSR count). The minimum Gasteiger partial charge on any atom is -0.465 e. The van der Waals surface area contributed by atoms with Crippen LogP contribution in [-0.4, -0.2) is 26.2 Å².